The molecule has 0 saturated carbocycles. The first-order valence-electron chi connectivity index (χ1n) is 16.9. The van der Waals surface area contributed by atoms with E-state index in [4.69, 9.17) is 9.94 Å². The average molecular weight is 743 g/mol. The monoisotopic (exact) mass is 742 g/mol. The summed E-state index contributed by atoms with van der Waals surface area (Å²) >= 11 is 1.46. The Kier molecular flexibility index (Phi) is 13.7. The van der Waals surface area contributed by atoms with Gasteiger partial charge in [0.2, 0.25) is 15.9 Å². The van der Waals surface area contributed by atoms with Gasteiger partial charge in [-0.1, -0.05) is 82.2 Å². The van der Waals surface area contributed by atoms with Crippen molar-refractivity contribution in [3.8, 4) is 0 Å². The van der Waals surface area contributed by atoms with Gasteiger partial charge in [-0.2, -0.15) is 4.31 Å². The number of nitrogens with one attached hydrogen (secondary N) is 1. The largest absolute Gasteiger partial charge is 0.411 e. The standard InChI is InChI=1S/C36H50N6O7S2/c1-25(2)20-41(51(47,48)29-14-12-27(13-15-29)19-37-46)22-31(43)30(18-26-10-8-7-9-11-26)39-34(44)33(36(3,4)5)42-17-16-40(35(42)45)21-28-24-50-32(38-28)23-49-6/h7-15,19,24-25,30-31,33,43,46H,16-18,20-23H2,1-6H3,(H,39,44)/t30-,31-,33+/m0/s1. The molecule has 0 spiro atoms. The average Bonchev–Trinajstić information content (AvgIpc) is 3.66. The molecule has 13 nitrogen and oxygen atoms in total. The topological polar surface area (TPSA) is 165 Å². The number of aliphatic hydroxyl groups excluding tert-OH is 1. The highest BCUT2D eigenvalue weighted by Crippen LogP contribution is 2.29. The van der Waals surface area contributed by atoms with Crippen LogP contribution in [0.2, 0.25) is 0 Å². The van der Waals surface area contributed by atoms with E-state index in [2.05, 4.69) is 15.5 Å². The first-order valence-corrected chi connectivity index (χ1v) is 19.2. The van der Waals surface area contributed by atoms with E-state index >= 15 is 0 Å². The fourth-order valence-electron chi connectivity index (χ4n) is 6.17. The summed E-state index contributed by atoms with van der Waals surface area (Å²) in [5.74, 6) is -0.506. The number of hydrogen-bond donors (Lipinski definition) is 3. The number of aliphatic hydroxyl groups is 1. The number of carbonyl (C=O) groups is 2. The predicted octanol–water partition coefficient (Wildman–Crippen LogP) is 4.19. The SMILES string of the molecule is COCc1nc(CN2CCN([C@H](C(=O)N[C@@H](Cc3ccccc3)[C@@H](O)CN(CC(C)C)S(=O)(=O)c3ccc(C=NO)cc3)C(C)(C)C)C2=O)cs1. The highest BCUT2D eigenvalue weighted by Gasteiger charge is 2.44. The molecule has 1 fully saturated rings. The summed E-state index contributed by atoms with van der Waals surface area (Å²) in [4.78, 5) is 35.9. The molecule has 0 unspecified atom stereocenters. The van der Waals surface area contributed by atoms with E-state index < -0.39 is 39.5 Å². The molecule has 3 aromatic rings. The van der Waals surface area contributed by atoms with Crippen molar-refractivity contribution in [3.63, 3.8) is 0 Å². The molecule has 15 heteroatoms. The minimum Gasteiger partial charge on any atom is -0.411 e. The lowest BCUT2D eigenvalue weighted by Gasteiger charge is -2.38. The number of oxime groups is 1. The number of ether oxygens (including phenoxy) is 1. The number of rotatable bonds is 17. The molecule has 1 saturated heterocycles. The van der Waals surface area contributed by atoms with Gasteiger partial charge in [0.1, 0.15) is 11.0 Å². The van der Waals surface area contributed by atoms with Crippen molar-refractivity contribution in [1.29, 1.82) is 0 Å². The molecule has 3 N–H and O–H groups in total. The van der Waals surface area contributed by atoms with Crippen LogP contribution in [0.5, 0.6) is 0 Å². The van der Waals surface area contributed by atoms with E-state index in [-0.39, 0.29) is 36.4 Å². The Bertz CT molecular complexity index is 1730. The molecule has 1 aliphatic heterocycles. The van der Waals surface area contributed by atoms with Crippen molar-refractivity contribution in [1.82, 2.24) is 24.4 Å². The minimum atomic E-state index is -4.07. The van der Waals surface area contributed by atoms with E-state index in [0.29, 0.717) is 31.8 Å². The summed E-state index contributed by atoms with van der Waals surface area (Å²) in [5.41, 5.74) is 1.43. The summed E-state index contributed by atoms with van der Waals surface area (Å²) in [5, 5.41) is 29.4. The quantitative estimate of drug-likeness (QED) is 0.105. The summed E-state index contributed by atoms with van der Waals surface area (Å²) in [6.45, 7) is 10.7. The van der Waals surface area contributed by atoms with Gasteiger partial charge in [0.05, 0.1) is 42.1 Å². The Balaban J connectivity index is 1.58. The molecular weight excluding hydrogens is 693 g/mol. The minimum absolute atomic E-state index is 0.0200. The van der Waals surface area contributed by atoms with Gasteiger partial charge in [-0.3, -0.25) is 4.79 Å². The van der Waals surface area contributed by atoms with E-state index in [9.17, 15) is 23.1 Å². The van der Waals surface area contributed by atoms with Crippen LogP contribution in [-0.2, 0) is 39.1 Å². The van der Waals surface area contributed by atoms with Crippen LogP contribution < -0.4 is 5.32 Å². The molecule has 1 aliphatic rings. The Morgan fingerprint density at radius 3 is 2.41 bits per heavy atom. The van der Waals surface area contributed by atoms with E-state index in [1.165, 1.54) is 46.1 Å². The van der Waals surface area contributed by atoms with Crippen molar-refractivity contribution in [2.75, 3.05) is 33.3 Å². The number of benzene rings is 2. The lowest BCUT2D eigenvalue weighted by Crippen LogP contribution is -2.59. The molecule has 3 atom stereocenters. The van der Waals surface area contributed by atoms with Crippen molar-refractivity contribution >= 4 is 39.5 Å². The third kappa shape index (κ3) is 10.6. The number of aromatic nitrogens is 1. The number of methoxy groups -OCH3 is 1. The van der Waals surface area contributed by atoms with Gasteiger partial charge in [0.15, 0.2) is 0 Å². The third-order valence-corrected chi connectivity index (χ3v) is 11.2. The van der Waals surface area contributed by atoms with E-state index in [1.54, 1.807) is 16.9 Å². The highest BCUT2D eigenvalue weighted by atomic mass is 32.2. The Hall–Kier alpha value is -3.89. The molecule has 278 valence electrons. The van der Waals surface area contributed by atoms with Gasteiger partial charge in [0.25, 0.3) is 0 Å². The molecule has 51 heavy (non-hydrogen) atoms. The zero-order valence-electron chi connectivity index (χ0n) is 30.1. The van der Waals surface area contributed by atoms with Crippen molar-refractivity contribution in [2.24, 2.45) is 16.5 Å². The predicted molar refractivity (Wildman–Crippen MR) is 196 cm³/mol. The molecule has 2 aromatic carbocycles. The van der Waals surface area contributed by atoms with Crippen LogP contribution in [0, 0.1) is 11.3 Å². The molecule has 2 heterocycles. The number of sulfonamides is 1. The number of nitrogens with zero attached hydrogens (tertiary/aromatic N) is 5. The second-order valence-corrected chi connectivity index (χ2v) is 17.1. The molecule has 0 bridgehead atoms. The summed E-state index contributed by atoms with van der Waals surface area (Å²) < 4.78 is 34.2. The summed E-state index contributed by atoms with van der Waals surface area (Å²) in [7, 11) is -2.47. The highest BCUT2D eigenvalue weighted by molar-refractivity contribution is 7.89. The van der Waals surface area contributed by atoms with Gasteiger partial charge < -0.3 is 30.2 Å². The summed E-state index contributed by atoms with van der Waals surface area (Å²) in [6, 6.07) is 13.2. The van der Waals surface area contributed by atoms with Crippen LogP contribution >= 0.6 is 11.3 Å². The lowest BCUT2D eigenvalue weighted by atomic mass is 9.84. The number of carbonyl (C=O) groups excluding carboxylic acids is 2. The van der Waals surface area contributed by atoms with Crippen LogP contribution in [0.15, 0.2) is 70.0 Å². The van der Waals surface area contributed by atoms with Gasteiger partial charge in [-0.05, 0) is 41.0 Å². The molecule has 0 radical (unpaired) electrons. The van der Waals surface area contributed by atoms with Crippen LogP contribution in [0.3, 0.4) is 0 Å². The normalized spacial score (nSPS) is 16.0. The maximum absolute atomic E-state index is 14.3. The zero-order valence-corrected chi connectivity index (χ0v) is 31.7. The van der Waals surface area contributed by atoms with Gasteiger partial charge in [-0.25, -0.2) is 18.2 Å². The molecule has 3 amide bonds. The zero-order chi connectivity index (χ0) is 37.3. The second-order valence-electron chi connectivity index (χ2n) is 14.2. The van der Waals surface area contributed by atoms with Gasteiger partial charge >= 0.3 is 6.03 Å². The Morgan fingerprint density at radius 1 is 1.12 bits per heavy atom. The number of hydrogen-bond acceptors (Lipinski definition) is 10. The molecular formula is C36H50N6O7S2. The number of urea groups is 1. The molecule has 1 aromatic heterocycles. The van der Waals surface area contributed by atoms with E-state index in [1.807, 2.05) is 70.3 Å². The fraction of sp³-hybridized carbons (Fsp3) is 0.500. The lowest BCUT2D eigenvalue weighted by molar-refractivity contribution is -0.130. The van der Waals surface area contributed by atoms with Crippen molar-refractivity contribution in [2.45, 2.75) is 77.3 Å². The summed E-state index contributed by atoms with van der Waals surface area (Å²) in [6.07, 6.45) is 0.116. The molecule has 0 aliphatic carbocycles. The van der Waals surface area contributed by atoms with Gasteiger partial charge in [0, 0.05) is 38.7 Å². The maximum Gasteiger partial charge on any atom is 0.321 e. The maximum atomic E-state index is 14.3. The number of amides is 3. The van der Waals surface area contributed by atoms with Crippen LogP contribution in [0.4, 0.5) is 4.79 Å². The molecule has 4 rings (SSSR count). The fourth-order valence-corrected chi connectivity index (χ4v) is 8.54. The van der Waals surface area contributed by atoms with Crippen molar-refractivity contribution < 1.29 is 33.1 Å². The van der Waals surface area contributed by atoms with Crippen molar-refractivity contribution in [3.05, 3.63) is 81.8 Å². The smallest absolute Gasteiger partial charge is 0.321 e. The first kappa shape index (κ1) is 39.9. The third-order valence-electron chi connectivity index (χ3n) is 8.50. The Morgan fingerprint density at radius 2 is 1.80 bits per heavy atom. The Labute approximate surface area is 305 Å². The first-order chi connectivity index (χ1) is 24.1. The van der Waals surface area contributed by atoms with Gasteiger partial charge in [-0.15, -0.1) is 11.3 Å². The van der Waals surface area contributed by atoms with Crippen LogP contribution in [0.25, 0.3) is 0 Å². The van der Waals surface area contributed by atoms with E-state index in [0.717, 1.165) is 16.3 Å². The second kappa shape index (κ2) is 17.6. The number of thiazole rings is 1. The van der Waals surface area contributed by atoms with Crippen LogP contribution in [-0.4, -0.2) is 107 Å². The van der Waals surface area contributed by atoms with Crippen LogP contribution in [0.1, 0.15) is 56.4 Å².